The molecule has 0 fully saturated rings. The fourth-order valence-corrected chi connectivity index (χ4v) is 2.37. The van der Waals surface area contributed by atoms with Gasteiger partial charge in [0.25, 0.3) is 0 Å². The van der Waals surface area contributed by atoms with Crippen LogP contribution >= 0.6 is 0 Å². The molecule has 0 bridgehead atoms. The Morgan fingerprint density at radius 3 is 2.00 bits per heavy atom. The highest BCUT2D eigenvalue weighted by Crippen LogP contribution is 2.23. The van der Waals surface area contributed by atoms with E-state index in [-0.39, 0.29) is 11.8 Å². The van der Waals surface area contributed by atoms with Gasteiger partial charge in [0.2, 0.25) is 0 Å². The van der Waals surface area contributed by atoms with Gasteiger partial charge in [-0.1, -0.05) is 27.7 Å². The summed E-state index contributed by atoms with van der Waals surface area (Å²) in [6.45, 7) is 7.75. The van der Waals surface area contributed by atoms with E-state index in [4.69, 9.17) is 0 Å². The molecule has 0 aliphatic carbocycles. The van der Waals surface area contributed by atoms with E-state index < -0.39 is 9.84 Å². The molecular formula is C11H18N2O2S. The number of rotatable bonds is 3. The minimum atomic E-state index is -3.24. The van der Waals surface area contributed by atoms with E-state index in [1.807, 2.05) is 27.7 Å². The normalized spacial score (nSPS) is 12.4. The summed E-state index contributed by atoms with van der Waals surface area (Å²) in [5, 5.41) is 8.10. The van der Waals surface area contributed by atoms with Gasteiger partial charge in [-0.25, -0.2) is 8.42 Å². The van der Waals surface area contributed by atoms with E-state index in [9.17, 15) is 8.42 Å². The van der Waals surface area contributed by atoms with Crippen LogP contribution in [0, 0.1) is 0 Å². The van der Waals surface area contributed by atoms with Gasteiger partial charge in [0.05, 0.1) is 16.3 Å². The molecule has 0 saturated heterocycles. The highest BCUT2D eigenvalue weighted by molar-refractivity contribution is 7.90. The molecule has 1 aromatic rings. The van der Waals surface area contributed by atoms with Crippen LogP contribution in [-0.4, -0.2) is 24.9 Å². The highest BCUT2D eigenvalue weighted by atomic mass is 32.2. The number of nitrogens with zero attached hydrogens (tertiary/aromatic N) is 2. The molecule has 0 atom stereocenters. The summed E-state index contributed by atoms with van der Waals surface area (Å²) in [6.07, 6.45) is 1.21. The molecule has 0 amide bonds. The molecule has 5 heteroatoms. The highest BCUT2D eigenvalue weighted by Gasteiger charge is 2.19. The Morgan fingerprint density at radius 2 is 1.62 bits per heavy atom. The maximum absolute atomic E-state index is 11.7. The third-order valence-electron chi connectivity index (χ3n) is 2.34. The van der Waals surface area contributed by atoms with Crippen molar-refractivity contribution in [1.29, 1.82) is 0 Å². The van der Waals surface area contributed by atoms with Crippen LogP contribution in [0.4, 0.5) is 0 Å². The first kappa shape index (κ1) is 13.1. The molecule has 1 rings (SSSR count). The molecule has 1 aromatic heterocycles. The van der Waals surface area contributed by atoms with E-state index in [1.54, 1.807) is 6.07 Å². The Bertz CT molecular complexity index is 479. The monoisotopic (exact) mass is 242 g/mol. The molecule has 0 aromatic carbocycles. The molecule has 0 N–H and O–H groups in total. The van der Waals surface area contributed by atoms with Crippen LogP contribution in [-0.2, 0) is 9.84 Å². The average Bonchev–Trinajstić information content (AvgIpc) is 2.15. The van der Waals surface area contributed by atoms with Crippen LogP contribution in [0.1, 0.15) is 50.9 Å². The molecule has 4 nitrogen and oxygen atoms in total. The third-order valence-corrected chi connectivity index (χ3v) is 3.47. The maximum atomic E-state index is 11.7. The summed E-state index contributed by atoms with van der Waals surface area (Å²) in [5.74, 6) is 0.229. The molecule has 0 radical (unpaired) electrons. The zero-order chi connectivity index (χ0) is 12.5. The third kappa shape index (κ3) is 2.78. The zero-order valence-corrected chi connectivity index (χ0v) is 11.2. The largest absolute Gasteiger partial charge is 0.224 e. The van der Waals surface area contributed by atoms with Gasteiger partial charge in [-0.05, 0) is 17.9 Å². The van der Waals surface area contributed by atoms with Crippen molar-refractivity contribution in [2.24, 2.45) is 0 Å². The van der Waals surface area contributed by atoms with Crippen molar-refractivity contribution in [3.63, 3.8) is 0 Å². The Kier molecular flexibility index (Phi) is 3.68. The first-order valence-corrected chi connectivity index (χ1v) is 7.20. The predicted octanol–water partition coefficient (Wildman–Crippen LogP) is 2.13. The number of aromatic nitrogens is 2. The van der Waals surface area contributed by atoms with Gasteiger partial charge in [0, 0.05) is 6.26 Å². The molecule has 16 heavy (non-hydrogen) atoms. The lowest BCUT2D eigenvalue weighted by Crippen LogP contribution is -2.10. The second kappa shape index (κ2) is 4.49. The first-order valence-electron chi connectivity index (χ1n) is 5.31. The van der Waals surface area contributed by atoms with Crippen LogP contribution in [0.3, 0.4) is 0 Å². The average molecular weight is 242 g/mol. The van der Waals surface area contributed by atoms with Crippen LogP contribution in [0.15, 0.2) is 11.0 Å². The number of sulfone groups is 1. The molecule has 90 valence electrons. The van der Waals surface area contributed by atoms with Crippen molar-refractivity contribution in [1.82, 2.24) is 10.2 Å². The quantitative estimate of drug-likeness (QED) is 0.814. The smallest absolute Gasteiger partial charge is 0.177 e. The van der Waals surface area contributed by atoms with Crippen LogP contribution < -0.4 is 0 Å². The predicted molar refractivity (Wildman–Crippen MR) is 63.3 cm³/mol. The minimum Gasteiger partial charge on any atom is -0.224 e. The van der Waals surface area contributed by atoms with Crippen molar-refractivity contribution in [2.45, 2.75) is 44.4 Å². The Balaban J connectivity index is 3.45. The van der Waals surface area contributed by atoms with E-state index in [0.29, 0.717) is 16.3 Å². The number of hydrogen-bond donors (Lipinski definition) is 0. The lowest BCUT2D eigenvalue weighted by molar-refractivity contribution is 0.595. The second-order valence-electron chi connectivity index (χ2n) is 4.60. The van der Waals surface area contributed by atoms with Gasteiger partial charge in [0.1, 0.15) is 0 Å². The molecule has 0 spiro atoms. The fraction of sp³-hybridized carbons (Fsp3) is 0.636. The van der Waals surface area contributed by atoms with Gasteiger partial charge in [0.15, 0.2) is 9.84 Å². The minimum absolute atomic E-state index is 0.0541. The van der Waals surface area contributed by atoms with Crippen molar-refractivity contribution in [3.8, 4) is 0 Å². The summed E-state index contributed by atoms with van der Waals surface area (Å²) >= 11 is 0. The molecule has 0 aliphatic rings. The van der Waals surface area contributed by atoms with Crippen LogP contribution in [0.25, 0.3) is 0 Å². The zero-order valence-electron chi connectivity index (χ0n) is 10.4. The first-order chi connectivity index (χ1) is 7.23. The molecular weight excluding hydrogens is 224 g/mol. The maximum Gasteiger partial charge on any atom is 0.177 e. The van der Waals surface area contributed by atoms with Crippen LogP contribution in [0.2, 0.25) is 0 Å². The second-order valence-corrected chi connectivity index (χ2v) is 6.58. The van der Waals surface area contributed by atoms with Crippen molar-refractivity contribution >= 4 is 9.84 Å². The standard InChI is InChI=1S/C11H18N2O2S/c1-7(2)9-6-10(16(5,14)15)11(8(3)4)13-12-9/h6-8H,1-5H3. The fourth-order valence-electron chi connectivity index (χ4n) is 1.38. The van der Waals surface area contributed by atoms with E-state index >= 15 is 0 Å². The lowest BCUT2D eigenvalue weighted by Gasteiger charge is -2.12. The van der Waals surface area contributed by atoms with Gasteiger partial charge < -0.3 is 0 Å². The van der Waals surface area contributed by atoms with Gasteiger partial charge >= 0.3 is 0 Å². The summed E-state index contributed by atoms with van der Waals surface area (Å²) in [6, 6.07) is 1.64. The van der Waals surface area contributed by atoms with Gasteiger partial charge in [-0.3, -0.25) is 0 Å². The van der Waals surface area contributed by atoms with E-state index in [1.165, 1.54) is 6.26 Å². The lowest BCUT2D eigenvalue weighted by atomic mass is 10.1. The Morgan fingerprint density at radius 1 is 1.06 bits per heavy atom. The molecule has 1 heterocycles. The molecule has 0 saturated carbocycles. The Hall–Kier alpha value is -0.970. The van der Waals surface area contributed by atoms with Crippen molar-refractivity contribution < 1.29 is 8.42 Å². The van der Waals surface area contributed by atoms with Crippen LogP contribution in [0.5, 0.6) is 0 Å². The van der Waals surface area contributed by atoms with Gasteiger partial charge in [-0.15, -0.1) is 0 Å². The van der Waals surface area contributed by atoms with E-state index in [0.717, 1.165) is 0 Å². The number of hydrogen-bond acceptors (Lipinski definition) is 4. The molecule has 0 aliphatic heterocycles. The Labute approximate surface area is 97.0 Å². The van der Waals surface area contributed by atoms with Gasteiger partial charge in [-0.2, -0.15) is 10.2 Å². The summed E-state index contributed by atoms with van der Waals surface area (Å²) in [4.78, 5) is 0.307. The summed E-state index contributed by atoms with van der Waals surface area (Å²) in [5.41, 5.74) is 1.26. The topological polar surface area (TPSA) is 59.9 Å². The van der Waals surface area contributed by atoms with E-state index in [2.05, 4.69) is 10.2 Å². The SMILES string of the molecule is CC(C)c1cc(S(C)(=O)=O)c(C(C)C)nn1. The molecule has 0 unspecified atom stereocenters. The van der Waals surface area contributed by atoms with Crippen molar-refractivity contribution in [3.05, 3.63) is 17.5 Å². The van der Waals surface area contributed by atoms with Crippen molar-refractivity contribution in [2.75, 3.05) is 6.26 Å². The summed E-state index contributed by atoms with van der Waals surface area (Å²) in [7, 11) is -3.24. The summed E-state index contributed by atoms with van der Waals surface area (Å²) < 4.78 is 23.3.